The minimum Gasteiger partial charge on any atom is -0.394 e. The monoisotopic (exact) mass is 815 g/mol. The minimum absolute atomic E-state index is 0.128. The molecule has 1 aliphatic heterocycles. The third kappa shape index (κ3) is 28.0. The van der Waals surface area contributed by atoms with Gasteiger partial charge >= 0.3 is 0 Å². The smallest absolute Gasteiger partial charge is 0.186 e. The van der Waals surface area contributed by atoms with E-state index in [2.05, 4.69) is 69.2 Å². The topological polar surface area (TPSA) is 118 Å². The van der Waals surface area contributed by atoms with Crippen LogP contribution < -0.4 is 0 Å². The highest BCUT2D eigenvalue weighted by molar-refractivity contribution is 4.90. The molecule has 0 aromatic rings. The van der Waals surface area contributed by atoms with Gasteiger partial charge in [-0.2, -0.15) is 0 Å². The van der Waals surface area contributed by atoms with Gasteiger partial charge in [0.15, 0.2) is 6.29 Å². The van der Waals surface area contributed by atoms with Crippen molar-refractivity contribution in [3.05, 3.63) is 0 Å². The maximum Gasteiger partial charge on any atom is 0.186 e. The summed E-state index contributed by atoms with van der Waals surface area (Å²) < 4.78 is 23.9. The van der Waals surface area contributed by atoms with E-state index in [0.717, 1.165) is 48.3 Å². The third-order valence-corrected chi connectivity index (χ3v) is 12.8. The Kier molecular flexibility index (Phi) is 32.0. The van der Waals surface area contributed by atoms with Crippen molar-refractivity contribution in [3.8, 4) is 0 Å². The minimum atomic E-state index is -1.35. The molecule has 8 nitrogen and oxygen atoms in total. The zero-order valence-corrected chi connectivity index (χ0v) is 39.2. The number of aliphatic hydroxyl groups is 4. The fourth-order valence-corrected chi connectivity index (χ4v) is 8.39. The Morgan fingerprint density at radius 3 is 1.23 bits per heavy atom. The predicted octanol–water partition coefficient (Wildman–Crippen LogP) is 11.1. The van der Waals surface area contributed by atoms with Gasteiger partial charge in [-0.05, 0) is 60.2 Å². The number of aliphatic hydroxyl groups excluding tert-OH is 4. The molecule has 0 aliphatic carbocycles. The summed E-state index contributed by atoms with van der Waals surface area (Å²) in [6.07, 6.45) is 19.2. The maximum absolute atomic E-state index is 10.5. The van der Waals surface area contributed by atoms with Gasteiger partial charge in [0.25, 0.3) is 0 Å². The average molecular weight is 815 g/mol. The van der Waals surface area contributed by atoms with Crippen LogP contribution >= 0.6 is 0 Å². The zero-order valence-electron chi connectivity index (χ0n) is 39.2. The van der Waals surface area contributed by atoms with Gasteiger partial charge in [0, 0.05) is 13.2 Å². The molecule has 12 atom stereocenters. The van der Waals surface area contributed by atoms with E-state index >= 15 is 0 Å². The average Bonchev–Trinajstić information content (AvgIpc) is 3.43. The molecule has 0 radical (unpaired) electrons. The van der Waals surface area contributed by atoms with Crippen molar-refractivity contribution in [2.45, 2.75) is 234 Å². The molecule has 0 saturated carbocycles. The first kappa shape index (κ1) is 54.7. The summed E-state index contributed by atoms with van der Waals surface area (Å²) in [5, 5.41) is 40.2. The van der Waals surface area contributed by atoms with Gasteiger partial charge in [-0.1, -0.05) is 185 Å². The lowest BCUT2D eigenvalue weighted by Gasteiger charge is -2.23. The van der Waals surface area contributed by atoms with Crippen LogP contribution in [0.4, 0.5) is 0 Å². The fourth-order valence-electron chi connectivity index (χ4n) is 8.39. The first-order valence-electron chi connectivity index (χ1n) is 24.2. The van der Waals surface area contributed by atoms with E-state index in [9.17, 15) is 20.4 Å². The van der Waals surface area contributed by atoms with Crippen molar-refractivity contribution < 1.29 is 39.4 Å². The summed E-state index contributed by atoms with van der Waals surface area (Å²) in [7, 11) is 0. The number of hydrogen-bond donors (Lipinski definition) is 4. The molecule has 0 spiro atoms. The van der Waals surface area contributed by atoms with Crippen LogP contribution in [0.15, 0.2) is 0 Å². The first-order valence-corrected chi connectivity index (χ1v) is 24.2. The normalized spacial score (nSPS) is 23.2. The molecule has 57 heavy (non-hydrogen) atoms. The van der Waals surface area contributed by atoms with Crippen LogP contribution in [0.2, 0.25) is 0 Å². The van der Waals surface area contributed by atoms with E-state index in [-0.39, 0.29) is 12.7 Å². The van der Waals surface area contributed by atoms with E-state index in [1.54, 1.807) is 0 Å². The molecule has 342 valence electrons. The lowest BCUT2D eigenvalue weighted by atomic mass is 9.91. The van der Waals surface area contributed by atoms with Crippen molar-refractivity contribution in [2.75, 3.05) is 33.0 Å². The Morgan fingerprint density at radius 1 is 0.474 bits per heavy atom. The molecule has 4 N–H and O–H groups in total. The van der Waals surface area contributed by atoms with Crippen LogP contribution in [0, 0.1) is 47.3 Å². The Morgan fingerprint density at radius 2 is 0.842 bits per heavy atom. The summed E-state index contributed by atoms with van der Waals surface area (Å²) in [6, 6.07) is 0. The van der Waals surface area contributed by atoms with Gasteiger partial charge in [-0.25, -0.2) is 0 Å². The zero-order chi connectivity index (χ0) is 42.6. The molecular weight excluding hydrogens is 717 g/mol. The summed E-state index contributed by atoms with van der Waals surface area (Å²) >= 11 is 0. The van der Waals surface area contributed by atoms with Crippen LogP contribution in [-0.2, 0) is 18.9 Å². The Bertz CT molecular complexity index is 903. The highest BCUT2D eigenvalue weighted by Crippen LogP contribution is 2.27. The van der Waals surface area contributed by atoms with E-state index < -0.39 is 37.3 Å². The quantitative estimate of drug-likeness (QED) is 0.0455. The number of rotatable bonds is 38. The first-order chi connectivity index (χ1) is 27.1. The molecule has 1 heterocycles. The van der Waals surface area contributed by atoms with Crippen LogP contribution in [0.1, 0.15) is 198 Å². The fraction of sp³-hybridized carbons (Fsp3) is 1.00. The van der Waals surface area contributed by atoms with Crippen molar-refractivity contribution in [2.24, 2.45) is 47.3 Å². The van der Waals surface area contributed by atoms with Gasteiger partial charge in [0.05, 0.1) is 19.8 Å². The Hall–Kier alpha value is -0.320. The van der Waals surface area contributed by atoms with Crippen molar-refractivity contribution >= 4 is 0 Å². The van der Waals surface area contributed by atoms with E-state index in [4.69, 9.17) is 18.9 Å². The van der Waals surface area contributed by atoms with E-state index in [1.807, 2.05) is 0 Å². The molecule has 2 unspecified atom stereocenters. The van der Waals surface area contributed by atoms with Crippen molar-refractivity contribution in [1.29, 1.82) is 0 Å². The second-order valence-corrected chi connectivity index (χ2v) is 20.2. The second-order valence-electron chi connectivity index (χ2n) is 20.2. The summed E-state index contributed by atoms with van der Waals surface area (Å²) in [6.45, 7) is 24.8. The molecule has 0 aromatic carbocycles. The van der Waals surface area contributed by atoms with E-state index in [0.29, 0.717) is 31.7 Å². The van der Waals surface area contributed by atoms with Crippen LogP contribution in [0.3, 0.4) is 0 Å². The standard InChI is InChI=1S/C49H98O8/c1-36(2)17-11-19-38(5)21-13-23-40(7)25-15-27-42(9)29-31-54-34-44(35-56-49-47(53)46(52)48(57-49)45(51)33-50)55-32-30-43(10)28-16-26-41(8)24-14-22-39(6)20-12-18-37(3)4/h36-53H,11-35H2,1-10H3/t38-,39-,40-,41-,42?,43?,44+,45-,46-,47-,48+,49-/m1/s1. The molecule has 0 aromatic heterocycles. The second kappa shape index (κ2) is 33.3. The largest absolute Gasteiger partial charge is 0.394 e. The number of hydrogen-bond acceptors (Lipinski definition) is 8. The van der Waals surface area contributed by atoms with Gasteiger partial charge in [0.2, 0.25) is 0 Å². The van der Waals surface area contributed by atoms with Crippen LogP contribution in [0.5, 0.6) is 0 Å². The molecular formula is C49H98O8. The van der Waals surface area contributed by atoms with Crippen LogP contribution in [-0.4, -0.2) is 90.3 Å². The lowest BCUT2D eigenvalue weighted by molar-refractivity contribution is -0.198. The highest BCUT2D eigenvalue weighted by atomic mass is 16.7. The van der Waals surface area contributed by atoms with Gasteiger partial charge in [-0.3, -0.25) is 0 Å². The van der Waals surface area contributed by atoms with Gasteiger partial charge in [-0.15, -0.1) is 0 Å². The number of ether oxygens (including phenoxy) is 4. The van der Waals surface area contributed by atoms with Crippen molar-refractivity contribution in [1.82, 2.24) is 0 Å². The molecule has 1 rings (SSSR count). The molecule has 1 aliphatic rings. The van der Waals surface area contributed by atoms with Gasteiger partial charge in [0.1, 0.15) is 30.5 Å². The SMILES string of the molecule is CC(C)CCC[C@@H](C)CCC[C@@H](C)CCCC(C)CCOC[C@@H](CO[C@@H]1O[C@@H]([C@H](O)CO)[C@H](O)[C@H]1O)OCCC(C)CCC[C@H](C)CCC[C@H](C)CCCC(C)C. The molecule has 0 bridgehead atoms. The lowest BCUT2D eigenvalue weighted by Crippen LogP contribution is -2.40. The Labute approximate surface area is 353 Å². The summed E-state index contributed by atoms with van der Waals surface area (Å²) in [4.78, 5) is 0. The molecule has 1 saturated heterocycles. The molecule has 0 amide bonds. The maximum atomic E-state index is 10.5. The molecule has 8 heteroatoms. The van der Waals surface area contributed by atoms with Gasteiger partial charge < -0.3 is 39.4 Å². The summed E-state index contributed by atoms with van der Waals surface area (Å²) in [5.74, 6) is 6.06. The highest BCUT2D eigenvalue weighted by Gasteiger charge is 2.46. The van der Waals surface area contributed by atoms with Crippen LogP contribution in [0.25, 0.3) is 0 Å². The molecule has 1 fully saturated rings. The predicted molar refractivity (Wildman–Crippen MR) is 237 cm³/mol. The van der Waals surface area contributed by atoms with Crippen molar-refractivity contribution in [3.63, 3.8) is 0 Å². The third-order valence-electron chi connectivity index (χ3n) is 12.8. The Balaban J connectivity index is 2.42. The van der Waals surface area contributed by atoms with E-state index in [1.165, 1.54) is 116 Å². The summed E-state index contributed by atoms with van der Waals surface area (Å²) in [5.41, 5.74) is 0.